The molecule has 0 unspecified atom stereocenters. The summed E-state index contributed by atoms with van der Waals surface area (Å²) in [6.45, 7) is 0.159. The van der Waals surface area contributed by atoms with Crippen LogP contribution in [-0.2, 0) is 16.4 Å². The molecule has 0 bridgehead atoms. The Kier molecular flexibility index (Phi) is 5.91. The molecule has 1 amide bonds. The number of carbonyl (C=O) groups is 1. The molecule has 0 aliphatic carbocycles. The Hall–Kier alpha value is -2.28. The van der Waals surface area contributed by atoms with Gasteiger partial charge >= 0.3 is 0 Å². The molecule has 1 saturated heterocycles. The fraction of sp³-hybridized carbons (Fsp3) is 0.227. The number of sulfone groups is 1. The summed E-state index contributed by atoms with van der Waals surface area (Å²) in [4.78, 5) is 14.8. The normalized spacial score (nSPS) is 17.7. The van der Waals surface area contributed by atoms with E-state index in [1.807, 2.05) is 6.07 Å². The van der Waals surface area contributed by atoms with Crippen molar-refractivity contribution in [2.75, 3.05) is 11.5 Å². The van der Waals surface area contributed by atoms with E-state index in [0.717, 1.165) is 0 Å². The van der Waals surface area contributed by atoms with Crippen molar-refractivity contribution in [3.05, 3.63) is 82.0 Å². The molecular formula is C22H19Cl2NO4S. The zero-order chi connectivity index (χ0) is 21.3. The van der Waals surface area contributed by atoms with Crippen LogP contribution in [0.1, 0.15) is 22.5 Å². The van der Waals surface area contributed by atoms with E-state index < -0.39 is 15.9 Å². The summed E-state index contributed by atoms with van der Waals surface area (Å²) in [7, 11) is -3.15. The quantitative estimate of drug-likeness (QED) is 0.528. The van der Waals surface area contributed by atoms with Crippen molar-refractivity contribution in [2.45, 2.75) is 19.0 Å². The summed E-state index contributed by atoms with van der Waals surface area (Å²) in [5, 5.41) is 1.03. The molecule has 3 aromatic rings. The number of amides is 1. The number of halogens is 2. The molecule has 5 nitrogen and oxygen atoms in total. The minimum absolute atomic E-state index is 0.0424. The Balaban J connectivity index is 1.63. The molecule has 156 valence electrons. The first kappa shape index (κ1) is 21.0. The van der Waals surface area contributed by atoms with E-state index >= 15 is 0 Å². The average molecular weight is 464 g/mol. The SMILES string of the molecule is O=C(c1ccccc1)N(Cc1ccc(-c2cc(Cl)ccc2Cl)o1)[C@@H]1CCS(=O)(=O)C1. The maximum absolute atomic E-state index is 13.2. The Labute approximate surface area is 185 Å². The van der Waals surface area contributed by atoms with E-state index in [9.17, 15) is 13.2 Å². The van der Waals surface area contributed by atoms with E-state index in [1.165, 1.54) is 0 Å². The van der Waals surface area contributed by atoms with Crippen LogP contribution in [0.5, 0.6) is 0 Å². The van der Waals surface area contributed by atoms with Gasteiger partial charge in [0.05, 0.1) is 23.1 Å². The van der Waals surface area contributed by atoms with Crippen molar-refractivity contribution in [3.63, 3.8) is 0 Å². The van der Waals surface area contributed by atoms with Gasteiger partial charge in [0.1, 0.15) is 11.5 Å². The van der Waals surface area contributed by atoms with Crippen molar-refractivity contribution in [3.8, 4) is 11.3 Å². The maximum atomic E-state index is 13.2. The van der Waals surface area contributed by atoms with Gasteiger partial charge in [0.25, 0.3) is 5.91 Å². The molecule has 1 aliphatic heterocycles. The van der Waals surface area contributed by atoms with Gasteiger partial charge in [-0.2, -0.15) is 0 Å². The van der Waals surface area contributed by atoms with Crippen LogP contribution >= 0.6 is 23.2 Å². The molecule has 4 rings (SSSR count). The second kappa shape index (κ2) is 8.46. The molecule has 2 heterocycles. The van der Waals surface area contributed by atoms with Crippen molar-refractivity contribution < 1.29 is 17.6 Å². The number of rotatable bonds is 5. The second-order valence-corrected chi connectivity index (χ2v) is 10.3. The molecule has 1 fully saturated rings. The summed E-state index contributed by atoms with van der Waals surface area (Å²) >= 11 is 12.3. The van der Waals surface area contributed by atoms with Gasteiger partial charge in [0.15, 0.2) is 9.84 Å². The molecule has 8 heteroatoms. The molecule has 0 saturated carbocycles. The van der Waals surface area contributed by atoms with Gasteiger partial charge in [-0.05, 0) is 48.9 Å². The van der Waals surface area contributed by atoms with E-state index in [-0.39, 0.29) is 24.0 Å². The Morgan fingerprint density at radius 2 is 1.83 bits per heavy atom. The van der Waals surface area contributed by atoms with Crippen LogP contribution in [0.3, 0.4) is 0 Å². The number of furan rings is 1. The molecule has 0 spiro atoms. The van der Waals surface area contributed by atoms with E-state index in [4.69, 9.17) is 27.6 Å². The van der Waals surface area contributed by atoms with Crippen molar-refractivity contribution in [1.82, 2.24) is 4.90 Å². The van der Waals surface area contributed by atoms with Crippen LogP contribution in [0, 0.1) is 0 Å². The summed E-state index contributed by atoms with van der Waals surface area (Å²) in [5.74, 6) is 0.881. The molecule has 1 atom stereocenters. The Morgan fingerprint density at radius 3 is 2.53 bits per heavy atom. The number of nitrogens with zero attached hydrogens (tertiary/aromatic N) is 1. The highest BCUT2D eigenvalue weighted by molar-refractivity contribution is 7.91. The Morgan fingerprint density at radius 1 is 1.07 bits per heavy atom. The van der Waals surface area contributed by atoms with E-state index in [0.29, 0.717) is 39.1 Å². The highest BCUT2D eigenvalue weighted by atomic mass is 35.5. The van der Waals surface area contributed by atoms with Crippen molar-refractivity contribution in [2.24, 2.45) is 0 Å². The smallest absolute Gasteiger partial charge is 0.254 e. The van der Waals surface area contributed by atoms with E-state index in [1.54, 1.807) is 59.5 Å². The van der Waals surface area contributed by atoms with Crippen LogP contribution in [0.4, 0.5) is 0 Å². The summed E-state index contributed by atoms with van der Waals surface area (Å²) in [5.41, 5.74) is 1.16. The molecule has 1 aliphatic rings. The summed E-state index contributed by atoms with van der Waals surface area (Å²) in [6, 6.07) is 17.1. The minimum Gasteiger partial charge on any atom is -0.459 e. The molecule has 2 aromatic carbocycles. The fourth-order valence-corrected chi connectivity index (χ4v) is 5.71. The third-order valence-electron chi connectivity index (χ3n) is 5.11. The van der Waals surface area contributed by atoms with E-state index in [2.05, 4.69) is 0 Å². The van der Waals surface area contributed by atoms with Gasteiger partial charge in [0, 0.05) is 22.2 Å². The van der Waals surface area contributed by atoms with Crippen LogP contribution in [0.25, 0.3) is 11.3 Å². The zero-order valence-electron chi connectivity index (χ0n) is 15.9. The number of hydrogen-bond donors (Lipinski definition) is 0. The molecule has 30 heavy (non-hydrogen) atoms. The average Bonchev–Trinajstić information content (AvgIpc) is 3.34. The molecule has 1 aromatic heterocycles. The number of benzene rings is 2. The fourth-order valence-electron chi connectivity index (χ4n) is 3.60. The lowest BCUT2D eigenvalue weighted by Gasteiger charge is -2.27. The van der Waals surface area contributed by atoms with Crippen LogP contribution in [0.2, 0.25) is 10.0 Å². The third kappa shape index (κ3) is 4.56. The maximum Gasteiger partial charge on any atom is 0.254 e. The van der Waals surface area contributed by atoms with Gasteiger partial charge in [-0.15, -0.1) is 0 Å². The number of carbonyl (C=O) groups excluding carboxylic acids is 1. The van der Waals surface area contributed by atoms with Gasteiger partial charge in [0.2, 0.25) is 0 Å². The van der Waals surface area contributed by atoms with Gasteiger partial charge in [-0.25, -0.2) is 8.42 Å². The van der Waals surface area contributed by atoms with Gasteiger partial charge in [-0.1, -0.05) is 41.4 Å². The highest BCUT2D eigenvalue weighted by Gasteiger charge is 2.35. The number of hydrogen-bond acceptors (Lipinski definition) is 4. The lowest BCUT2D eigenvalue weighted by atomic mass is 10.1. The predicted octanol–water partition coefficient (Wildman–Crippen LogP) is 5.08. The lowest BCUT2D eigenvalue weighted by molar-refractivity contribution is 0.0666. The predicted molar refractivity (Wildman–Crippen MR) is 118 cm³/mol. The lowest BCUT2D eigenvalue weighted by Crippen LogP contribution is -2.40. The van der Waals surface area contributed by atoms with Gasteiger partial charge < -0.3 is 9.32 Å². The summed E-state index contributed by atoms with van der Waals surface area (Å²) in [6.07, 6.45) is 0.411. The molecule has 0 N–H and O–H groups in total. The zero-order valence-corrected chi connectivity index (χ0v) is 18.3. The molecule has 0 radical (unpaired) electrons. The summed E-state index contributed by atoms with van der Waals surface area (Å²) < 4.78 is 30.0. The minimum atomic E-state index is -3.15. The highest BCUT2D eigenvalue weighted by Crippen LogP contribution is 2.32. The first-order valence-electron chi connectivity index (χ1n) is 9.43. The second-order valence-electron chi connectivity index (χ2n) is 7.25. The topological polar surface area (TPSA) is 67.6 Å². The first-order valence-corrected chi connectivity index (χ1v) is 12.0. The van der Waals surface area contributed by atoms with Gasteiger partial charge in [-0.3, -0.25) is 4.79 Å². The monoisotopic (exact) mass is 463 g/mol. The standard InChI is InChI=1S/C22H19Cl2NO4S/c23-16-6-8-20(24)19(12-16)21-9-7-18(29-21)13-25(17-10-11-30(27,28)14-17)22(26)15-4-2-1-3-5-15/h1-9,12,17H,10-11,13-14H2/t17-/m1/s1. The van der Waals surface area contributed by atoms with Crippen molar-refractivity contribution in [1.29, 1.82) is 0 Å². The third-order valence-corrected chi connectivity index (χ3v) is 7.43. The first-order chi connectivity index (χ1) is 14.3. The Bertz CT molecular complexity index is 1170. The largest absolute Gasteiger partial charge is 0.459 e. The molecular weight excluding hydrogens is 445 g/mol. The van der Waals surface area contributed by atoms with Crippen LogP contribution < -0.4 is 0 Å². The van der Waals surface area contributed by atoms with Crippen molar-refractivity contribution >= 4 is 38.9 Å². The van der Waals surface area contributed by atoms with Crippen LogP contribution in [-0.4, -0.2) is 36.8 Å². The van der Waals surface area contributed by atoms with Crippen LogP contribution in [0.15, 0.2) is 65.1 Å².